The van der Waals surface area contributed by atoms with E-state index in [0.717, 1.165) is 18.6 Å². The van der Waals surface area contributed by atoms with Crippen molar-refractivity contribution in [3.8, 4) is 0 Å². The maximum absolute atomic E-state index is 12.1. The van der Waals surface area contributed by atoms with Crippen molar-refractivity contribution in [3.63, 3.8) is 0 Å². The molecule has 2 heterocycles. The van der Waals surface area contributed by atoms with Gasteiger partial charge in [0.2, 0.25) is 5.91 Å². The summed E-state index contributed by atoms with van der Waals surface area (Å²) in [6, 6.07) is 10.2. The number of aromatic nitrogens is 1. The molecule has 2 N–H and O–H groups in total. The summed E-state index contributed by atoms with van der Waals surface area (Å²) in [6.07, 6.45) is 2.40. The van der Waals surface area contributed by atoms with Crippen LogP contribution in [0.25, 0.3) is 10.9 Å². The first-order chi connectivity index (χ1) is 12.0. The van der Waals surface area contributed by atoms with E-state index in [2.05, 4.69) is 33.0 Å². The fourth-order valence-corrected chi connectivity index (χ4v) is 3.23. The van der Waals surface area contributed by atoms with E-state index < -0.39 is 5.60 Å². The normalized spacial score (nSPS) is 18.2. The Morgan fingerprint density at radius 1 is 1.28 bits per heavy atom. The summed E-state index contributed by atoms with van der Waals surface area (Å²) in [7, 11) is 0. The number of aryl methyl sites for hydroxylation is 1. The van der Waals surface area contributed by atoms with Crippen molar-refractivity contribution in [2.45, 2.75) is 25.5 Å². The number of para-hydroxylation sites is 1. The van der Waals surface area contributed by atoms with E-state index in [1.165, 1.54) is 5.39 Å². The number of rotatable bonds is 7. The number of hydrogen-bond acceptors (Lipinski definition) is 4. The first kappa shape index (κ1) is 17.9. The molecule has 1 aliphatic rings. The molecule has 1 aliphatic heterocycles. The minimum Gasteiger partial charge on any atom is -0.387 e. The zero-order chi connectivity index (χ0) is 17.7. The Labute approximate surface area is 148 Å². The molecule has 1 unspecified atom stereocenters. The maximum atomic E-state index is 12.1. The van der Waals surface area contributed by atoms with E-state index in [9.17, 15) is 9.90 Å². The second-order valence-electron chi connectivity index (χ2n) is 6.98. The topological polar surface area (TPSA) is 66.7 Å². The number of morpholine rings is 1. The molecule has 25 heavy (non-hydrogen) atoms. The molecule has 0 aliphatic carbocycles. The largest absolute Gasteiger partial charge is 0.387 e. The fraction of sp³-hybridized carbons (Fsp3) is 0.526. The van der Waals surface area contributed by atoms with Gasteiger partial charge in [-0.05, 0) is 24.4 Å². The Bertz CT molecular complexity index is 705. The molecule has 0 radical (unpaired) electrons. The first-order valence-corrected chi connectivity index (χ1v) is 8.87. The minimum atomic E-state index is -0.937. The van der Waals surface area contributed by atoms with Crippen LogP contribution >= 0.6 is 0 Å². The zero-order valence-electron chi connectivity index (χ0n) is 14.8. The molecule has 3 rings (SSSR count). The van der Waals surface area contributed by atoms with Crippen LogP contribution in [0.1, 0.15) is 13.3 Å². The van der Waals surface area contributed by atoms with Crippen LogP contribution in [0.2, 0.25) is 0 Å². The number of nitrogens with one attached hydrogen (secondary N) is 1. The monoisotopic (exact) mass is 345 g/mol. The highest BCUT2D eigenvalue weighted by Gasteiger charge is 2.25. The number of amides is 1. The van der Waals surface area contributed by atoms with Crippen molar-refractivity contribution in [1.29, 1.82) is 0 Å². The summed E-state index contributed by atoms with van der Waals surface area (Å²) >= 11 is 0. The summed E-state index contributed by atoms with van der Waals surface area (Å²) in [5.74, 6) is -0.0416. The lowest BCUT2D eigenvalue weighted by atomic mass is 10.1. The van der Waals surface area contributed by atoms with E-state index in [-0.39, 0.29) is 12.5 Å². The van der Waals surface area contributed by atoms with Crippen LogP contribution in [0.5, 0.6) is 0 Å². The molecule has 1 aromatic carbocycles. The van der Waals surface area contributed by atoms with Gasteiger partial charge in [0.1, 0.15) is 0 Å². The van der Waals surface area contributed by atoms with Crippen molar-refractivity contribution in [2.24, 2.45) is 0 Å². The number of carbonyl (C=O) groups excluding carboxylic acids is 1. The lowest BCUT2D eigenvalue weighted by Crippen LogP contribution is -2.51. The molecule has 0 spiro atoms. The Morgan fingerprint density at radius 3 is 2.84 bits per heavy atom. The predicted octanol–water partition coefficient (Wildman–Crippen LogP) is 1.23. The summed E-state index contributed by atoms with van der Waals surface area (Å²) in [5, 5.41) is 14.5. The van der Waals surface area contributed by atoms with Crippen molar-refractivity contribution in [3.05, 3.63) is 36.5 Å². The van der Waals surface area contributed by atoms with E-state index in [4.69, 9.17) is 4.74 Å². The average Bonchev–Trinajstić information content (AvgIpc) is 3.02. The molecule has 1 atom stereocenters. The van der Waals surface area contributed by atoms with Gasteiger partial charge in [0.15, 0.2) is 0 Å². The van der Waals surface area contributed by atoms with Gasteiger partial charge < -0.3 is 19.7 Å². The van der Waals surface area contributed by atoms with Crippen molar-refractivity contribution < 1.29 is 14.6 Å². The van der Waals surface area contributed by atoms with Crippen LogP contribution in [0.4, 0.5) is 0 Å². The molecule has 2 aromatic rings. The first-order valence-electron chi connectivity index (χ1n) is 8.87. The Kier molecular flexibility index (Phi) is 5.73. The minimum absolute atomic E-state index is 0.0416. The number of hydrogen-bond donors (Lipinski definition) is 2. The molecule has 6 nitrogen and oxygen atoms in total. The van der Waals surface area contributed by atoms with Gasteiger partial charge in [-0.1, -0.05) is 18.2 Å². The van der Waals surface area contributed by atoms with E-state index in [1.807, 2.05) is 18.3 Å². The standard InChI is InChI=1S/C19H27N3O3/c1-19(24,15-21-10-12-25-13-11-21)14-20-18(23)7-9-22-8-6-16-4-2-3-5-17(16)22/h2-6,8,24H,7,9-15H2,1H3,(H,20,23). The van der Waals surface area contributed by atoms with Gasteiger partial charge in [-0.3, -0.25) is 9.69 Å². The molecule has 136 valence electrons. The number of fused-ring (bicyclic) bond motifs is 1. The summed E-state index contributed by atoms with van der Waals surface area (Å²) < 4.78 is 7.40. The molecule has 1 fully saturated rings. The second-order valence-corrected chi connectivity index (χ2v) is 6.98. The predicted molar refractivity (Wildman–Crippen MR) is 97.4 cm³/mol. The number of ether oxygens (including phenoxy) is 1. The van der Waals surface area contributed by atoms with E-state index in [1.54, 1.807) is 6.92 Å². The van der Waals surface area contributed by atoms with Gasteiger partial charge in [0.05, 0.1) is 18.8 Å². The summed E-state index contributed by atoms with van der Waals surface area (Å²) in [4.78, 5) is 14.3. The van der Waals surface area contributed by atoms with E-state index >= 15 is 0 Å². The van der Waals surface area contributed by atoms with Crippen LogP contribution in [0.3, 0.4) is 0 Å². The molecule has 6 heteroatoms. The fourth-order valence-electron chi connectivity index (χ4n) is 3.23. The van der Waals surface area contributed by atoms with Crippen LogP contribution < -0.4 is 5.32 Å². The molecule has 1 saturated heterocycles. The highest BCUT2D eigenvalue weighted by atomic mass is 16.5. The maximum Gasteiger partial charge on any atom is 0.221 e. The third-order valence-corrected chi connectivity index (χ3v) is 4.59. The van der Waals surface area contributed by atoms with Crippen molar-refractivity contribution in [1.82, 2.24) is 14.8 Å². The smallest absolute Gasteiger partial charge is 0.221 e. The van der Waals surface area contributed by atoms with Gasteiger partial charge >= 0.3 is 0 Å². The third kappa shape index (κ3) is 5.04. The molecule has 0 bridgehead atoms. The lowest BCUT2D eigenvalue weighted by molar-refractivity contribution is -0.122. The van der Waals surface area contributed by atoms with Gasteiger partial charge in [0, 0.05) is 50.9 Å². The quantitative estimate of drug-likeness (QED) is 0.792. The Balaban J connectivity index is 1.44. The molecular formula is C19H27N3O3. The van der Waals surface area contributed by atoms with Gasteiger partial charge in [-0.25, -0.2) is 0 Å². The van der Waals surface area contributed by atoms with E-state index in [0.29, 0.717) is 32.7 Å². The van der Waals surface area contributed by atoms with Crippen molar-refractivity contribution >= 4 is 16.8 Å². The Hall–Kier alpha value is -1.89. The summed E-state index contributed by atoms with van der Waals surface area (Å²) in [5.41, 5.74) is 0.197. The molecular weight excluding hydrogens is 318 g/mol. The number of benzene rings is 1. The number of nitrogens with zero attached hydrogens (tertiary/aromatic N) is 2. The number of aliphatic hydroxyl groups is 1. The molecule has 0 saturated carbocycles. The van der Waals surface area contributed by atoms with Crippen molar-refractivity contribution in [2.75, 3.05) is 39.4 Å². The van der Waals surface area contributed by atoms with Gasteiger partial charge in [-0.2, -0.15) is 0 Å². The highest BCUT2D eigenvalue weighted by molar-refractivity contribution is 5.80. The van der Waals surface area contributed by atoms with Crippen LogP contribution in [-0.2, 0) is 16.1 Å². The molecule has 1 amide bonds. The summed E-state index contributed by atoms with van der Waals surface area (Å²) in [6.45, 7) is 6.25. The van der Waals surface area contributed by atoms with Gasteiger partial charge in [0.25, 0.3) is 0 Å². The SMILES string of the molecule is CC(O)(CNC(=O)CCn1ccc2ccccc21)CN1CCOCC1. The second kappa shape index (κ2) is 7.99. The average molecular weight is 345 g/mol. The van der Waals surface area contributed by atoms with Crippen LogP contribution in [-0.4, -0.2) is 65.5 Å². The number of carbonyl (C=O) groups is 1. The van der Waals surface area contributed by atoms with Crippen LogP contribution in [0.15, 0.2) is 36.5 Å². The number of β-amino-alcohol motifs (C(OH)–C–C–N with tert-alkyl or cyclic N) is 1. The Morgan fingerprint density at radius 2 is 2.04 bits per heavy atom. The molecule has 1 aromatic heterocycles. The highest BCUT2D eigenvalue weighted by Crippen LogP contribution is 2.15. The van der Waals surface area contributed by atoms with Crippen LogP contribution in [0, 0.1) is 0 Å². The zero-order valence-corrected chi connectivity index (χ0v) is 14.8. The lowest BCUT2D eigenvalue weighted by Gasteiger charge is -2.33. The third-order valence-electron chi connectivity index (χ3n) is 4.59. The van der Waals surface area contributed by atoms with Gasteiger partial charge in [-0.15, -0.1) is 0 Å².